The normalized spacial score (nSPS) is 22.8. The lowest BCUT2D eigenvalue weighted by molar-refractivity contribution is 0.231. The zero-order chi connectivity index (χ0) is 13.4. The molecular formula is C16H34N2. The number of rotatable bonds is 9. The van der Waals surface area contributed by atoms with Crippen LogP contribution in [-0.2, 0) is 0 Å². The van der Waals surface area contributed by atoms with Crippen LogP contribution >= 0.6 is 0 Å². The molecule has 0 bridgehead atoms. The first-order valence-electron chi connectivity index (χ1n) is 8.08. The van der Waals surface area contributed by atoms with Crippen LogP contribution in [0.5, 0.6) is 0 Å². The fourth-order valence-electron chi connectivity index (χ4n) is 2.92. The van der Waals surface area contributed by atoms with Gasteiger partial charge in [0.05, 0.1) is 0 Å². The van der Waals surface area contributed by atoms with Crippen molar-refractivity contribution in [3.05, 3.63) is 0 Å². The first-order chi connectivity index (χ1) is 8.63. The lowest BCUT2D eigenvalue weighted by Gasteiger charge is -2.24. The third-order valence-electron chi connectivity index (χ3n) is 4.20. The highest BCUT2D eigenvalue weighted by Crippen LogP contribution is 2.21. The average molecular weight is 254 g/mol. The van der Waals surface area contributed by atoms with Gasteiger partial charge in [0.25, 0.3) is 0 Å². The summed E-state index contributed by atoms with van der Waals surface area (Å²) < 4.78 is 0. The van der Waals surface area contributed by atoms with Crippen LogP contribution in [0.1, 0.15) is 59.8 Å². The van der Waals surface area contributed by atoms with Gasteiger partial charge in [-0.1, -0.05) is 33.6 Å². The third kappa shape index (κ3) is 6.19. The highest BCUT2D eigenvalue weighted by Gasteiger charge is 2.25. The second-order valence-corrected chi connectivity index (χ2v) is 6.53. The van der Waals surface area contributed by atoms with Crippen molar-refractivity contribution in [1.82, 2.24) is 10.2 Å². The van der Waals surface area contributed by atoms with Crippen molar-refractivity contribution >= 4 is 0 Å². The maximum absolute atomic E-state index is 3.57. The molecular weight excluding hydrogens is 220 g/mol. The number of nitrogens with one attached hydrogen (secondary N) is 1. The minimum absolute atomic E-state index is 0.792. The van der Waals surface area contributed by atoms with Gasteiger partial charge in [-0.05, 0) is 57.7 Å². The number of hydrogen-bond donors (Lipinski definition) is 1. The Kier molecular flexibility index (Phi) is 7.92. The van der Waals surface area contributed by atoms with Crippen molar-refractivity contribution in [3.63, 3.8) is 0 Å². The lowest BCUT2D eigenvalue weighted by Crippen LogP contribution is -2.32. The summed E-state index contributed by atoms with van der Waals surface area (Å²) in [5.41, 5.74) is 0. The summed E-state index contributed by atoms with van der Waals surface area (Å²) in [6, 6.07) is 0.792. The SMILES string of the molecule is CCCNCC1CCN(C(C)CCCC(C)C)C1. The zero-order valence-corrected chi connectivity index (χ0v) is 13.0. The van der Waals surface area contributed by atoms with E-state index in [9.17, 15) is 0 Å². The molecule has 1 aliphatic heterocycles. The fraction of sp³-hybridized carbons (Fsp3) is 1.00. The van der Waals surface area contributed by atoms with E-state index >= 15 is 0 Å². The van der Waals surface area contributed by atoms with E-state index in [0.717, 1.165) is 17.9 Å². The van der Waals surface area contributed by atoms with Crippen molar-refractivity contribution in [2.45, 2.75) is 65.8 Å². The molecule has 1 aliphatic rings. The number of hydrogen-bond acceptors (Lipinski definition) is 2. The Morgan fingerprint density at radius 3 is 2.67 bits per heavy atom. The maximum atomic E-state index is 3.57. The van der Waals surface area contributed by atoms with Crippen LogP contribution in [0.25, 0.3) is 0 Å². The molecule has 2 heteroatoms. The molecule has 0 radical (unpaired) electrons. The van der Waals surface area contributed by atoms with Crippen LogP contribution < -0.4 is 5.32 Å². The molecule has 1 rings (SSSR count). The van der Waals surface area contributed by atoms with E-state index < -0.39 is 0 Å². The standard InChI is InChI=1S/C16H34N2/c1-5-10-17-12-16-9-11-18(13-16)15(4)8-6-7-14(2)3/h14-17H,5-13H2,1-4H3. The summed E-state index contributed by atoms with van der Waals surface area (Å²) in [4.78, 5) is 2.71. The first kappa shape index (κ1) is 16.0. The highest BCUT2D eigenvalue weighted by molar-refractivity contribution is 4.80. The van der Waals surface area contributed by atoms with Crippen LogP contribution in [0, 0.1) is 11.8 Å². The zero-order valence-electron chi connectivity index (χ0n) is 13.0. The largest absolute Gasteiger partial charge is 0.316 e. The summed E-state index contributed by atoms with van der Waals surface area (Å²) in [7, 11) is 0. The molecule has 0 aromatic carbocycles. The second kappa shape index (κ2) is 8.92. The van der Waals surface area contributed by atoms with Crippen LogP contribution in [0.15, 0.2) is 0 Å². The van der Waals surface area contributed by atoms with Gasteiger partial charge in [0.1, 0.15) is 0 Å². The van der Waals surface area contributed by atoms with Crippen LogP contribution in [0.4, 0.5) is 0 Å². The molecule has 18 heavy (non-hydrogen) atoms. The Labute approximate surface area is 115 Å². The average Bonchev–Trinajstić information content (AvgIpc) is 2.77. The molecule has 0 saturated carbocycles. The molecule has 108 valence electrons. The van der Waals surface area contributed by atoms with Gasteiger partial charge >= 0.3 is 0 Å². The minimum atomic E-state index is 0.792. The van der Waals surface area contributed by atoms with E-state index in [1.807, 2.05) is 0 Å². The van der Waals surface area contributed by atoms with E-state index in [4.69, 9.17) is 0 Å². The minimum Gasteiger partial charge on any atom is -0.316 e. The van der Waals surface area contributed by atoms with Gasteiger partial charge in [0, 0.05) is 12.6 Å². The molecule has 1 N–H and O–H groups in total. The van der Waals surface area contributed by atoms with Crippen molar-refractivity contribution < 1.29 is 0 Å². The molecule has 0 spiro atoms. The molecule has 2 nitrogen and oxygen atoms in total. The van der Waals surface area contributed by atoms with Crippen molar-refractivity contribution in [2.75, 3.05) is 26.2 Å². The predicted molar refractivity (Wildman–Crippen MR) is 81.0 cm³/mol. The summed E-state index contributed by atoms with van der Waals surface area (Å²) in [5.74, 6) is 1.76. The van der Waals surface area contributed by atoms with Gasteiger partial charge in [0.15, 0.2) is 0 Å². The number of nitrogens with zero attached hydrogens (tertiary/aromatic N) is 1. The quantitative estimate of drug-likeness (QED) is 0.633. The Balaban J connectivity index is 2.12. The van der Waals surface area contributed by atoms with E-state index in [-0.39, 0.29) is 0 Å². The van der Waals surface area contributed by atoms with Crippen molar-refractivity contribution in [1.29, 1.82) is 0 Å². The van der Waals surface area contributed by atoms with E-state index in [0.29, 0.717) is 0 Å². The van der Waals surface area contributed by atoms with E-state index in [2.05, 4.69) is 37.9 Å². The first-order valence-corrected chi connectivity index (χ1v) is 8.08. The molecule has 0 amide bonds. The van der Waals surface area contributed by atoms with Crippen molar-refractivity contribution in [2.24, 2.45) is 11.8 Å². The van der Waals surface area contributed by atoms with Gasteiger partial charge in [-0.15, -0.1) is 0 Å². The summed E-state index contributed by atoms with van der Waals surface area (Å²) in [6.45, 7) is 14.4. The van der Waals surface area contributed by atoms with Gasteiger partial charge in [-0.2, -0.15) is 0 Å². The van der Waals surface area contributed by atoms with Crippen LogP contribution in [0.2, 0.25) is 0 Å². The van der Waals surface area contributed by atoms with Gasteiger partial charge in [-0.25, -0.2) is 0 Å². The summed E-state index contributed by atoms with van der Waals surface area (Å²) >= 11 is 0. The molecule has 1 fully saturated rings. The van der Waals surface area contributed by atoms with Gasteiger partial charge in [0.2, 0.25) is 0 Å². The molecule has 0 aromatic heterocycles. The molecule has 0 aromatic rings. The Hall–Kier alpha value is -0.0800. The molecule has 0 aliphatic carbocycles. The van der Waals surface area contributed by atoms with E-state index in [1.54, 1.807) is 0 Å². The van der Waals surface area contributed by atoms with E-state index in [1.165, 1.54) is 58.3 Å². The molecule has 1 heterocycles. The third-order valence-corrected chi connectivity index (χ3v) is 4.20. The van der Waals surface area contributed by atoms with Crippen LogP contribution in [-0.4, -0.2) is 37.1 Å². The lowest BCUT2D eigenvalue weighted by atomic mass is 10.0. The fourth-order valence-corrected chi connectivity index (χ4v) is 2.92. The van der Waals surface area contributed by atoms with Gasteiger partial charge in [-0.3, -0.25) is 0 Å². The maximum Gasteiger partial charge on any atom is 0.00670 e. The summed E-state index contributed by atoms with van der Waals surface area (Å²) in [5, 5.41) is 3.57. The van der Waals surface area contributed by atoms with Gasteiger partial charge < -0.3 is 10.2 Å². The van der Waals surface area contributed by atoms with Crippen molar-refractivity contribution in [3.8, 4) is 0 Å². The molecule has 2 unspecified atom stereocenters. The summed E-state index contributed by atoms with van der Waals surface area (Å²) in [6.07, 6.45) is 6.81. The highest BCUT2D eigenvalue weighted by atomic mass is 15.2. The Morgan fingerprint density at radius 1 is 1.22 bits per heavy atom. The smallest absolute Gasteiger partial charge is 0.00670 e. The predicted octanol–water partition coefficient (Wildman–Crippen LogP) is 3.52. The Morgan fingerprint density at radius 2 is 2.00 bits per heavy atom. The molecule has 1 saturated heterocycles. The number of likely N-dealkylation sites (tertiary alicyclic amines) is 1. The molecule has 2 atom stereocenters. The Bertz CT molecular complexity index is 203. The second-order valence-electron chi connectivity index (χ2n) is 6.53. The topological polar surface area (TPSA) is 15.3 Å². The monoisotopic (exact) mass is 254 g/mol. The van der Waals surface area contributed by atoms with Crippen LogP contribution in [0.3, 0.4) is 0 Å².